The molecule has 0 bridgehead atoms. The number of carbonyl (C=O) groups is 1. The van der Waals surface area contributed by atoms with Crippen molar-refractivity contribution in [2.24, 2.45) is 0 Å². The largest absolute Gasteiger partial charge is 0.372 e. The zero-order valence-electron chi connectivity index (χ0n) is 12.6. The summed E-state index contributed by atoms with van der Waals surface area (Å²) in [6, 6.07) is 6.13. The van der Waals surface area contributed by atoms with Crippen LogP contribution in [0.25, 0.3) is 5.57 Å². The standard InChI is InChI=1S/C17H25NO/c1-6-10-18(11-7-2)15-8-9-16(13(3)4)17(12-15)14(5)19/h8-9,12H,3,6-7,10-11H2,1-2,4-5H3. The van der Waals surface area contributed by atoms with Crippen molar-refractivity contribution in [2.75, 3.05) is 18.0 Å². The summed E-state index contributed by atoms with van der Waals surface area (Å²) in [7, 11) is 0. The van der Waals surface area contributed by atoms with Gasteiger partial charge in [0.1, 0.15) is 0 Å². The zero-order valence-corrected chi connectivity index (χ0v) is 12.6. The van der Waals surface area contributed by atoms with Gasteiger partial charge < -0.3 is 4.90 Å². The van der Waals surface area contributed by atoms with Crippen LogP contribution in [0.4, 0.5) is 5.69 Å². The summed E-state index contributed by atoms with van der Waals surface area (Å²) >= 11 is 0. The van der Waals surface area contributed by atoms with Crippen molar-refractivity contribution in [3.8, 4) is 0 Å². The summed E-state index contributed by atoms with van der Waals surface area (Å²) in [6.07, 6.45) is 2.22. The van der Waals surface area contributed by atoms with E-state index in [4.69, 9.17) is 0 Å². The van der Waals surface area contributed by atoms with Crippen LogP contribution in [0.1, 0.15) is 56.5 Å². The Labute approximate surface area is 117 Å². The van der Waals surface area contributed by atoms with Crippen molar-refractivity contribution in [1.82, 2.24) is 0 Å². The molecule has 0 fully saturated rings. The van der Waals surface area contributed by atoms with Crippen LogP contribution in [-0.4, -0.2) is 18.9 Å². The highest BCUT2D eigenvalue weighted by Crippen LogP contribution is 2.25. The number of ketones is 1. The lowest BCUT2D eigenvalue weighted by molar-refractivity contribution is 0.101. The molecule has 2 nitrogen and oxygen atoms in total. The summed E-state index contributed by atoms with van der Waals surface area (Å²) < 4.78 is 0. The molecule has 1 rings (SSSR count). The van der Waals surface area contributed by atoms with Crippen LogP contribution in [0.2, 0.25) is 0 Å². The fourth-order valence-electron chi connectivity index (χ4n) is 2.30. The number of nitrogens with zero attached hydrogens (tertiary/aromatic N) is 1. The molecule has 0 aliphatic rings. The van der Waals surface area contributed by atoms with Gasteiger partial charge in [0.2, 0.25) is 0 Å². The molecule has 2 heteroatoms. The van der Waals surface area contributed by atoms with E-state index in [1.54, 1.807) is 6.92 Å². The van der Waals surface area contributed by atoms with Gasteiger partial charge >= 0.3 is 0 Å². The van der Waals surface area contributed by atoms with Crippen molar-refractivity contribution >= 4 is 17.0 Å². The molecule has 104 valence electrons. The number of carbonyl (C=O) groups excluding carboxylic acids is 1. The van der Waals surface area contributed by atoms with Gasteiger partial charge in [0, 0.05) is 24.3 Å². The van der Waals surface area contributed by atoms with Gasteiger partial charge in [-0.25, -0.2) is 0 Å². The molecule has 0 N–H and O–H groups in total. The van der Waals surface area contributed by atoms with E-state index >= 15 is 0 Å². The molecule has 0 saturated carbocycles. The summed E-state index contributed by atoms with van der Waals surface area (Å²) in [5.41, 5.74) is 3.82. The molecular weight excluding hydrogens is 234 g/mol. The highest BCUT2D eigenvalue weighted by molar-refractivity contribution is 5.99. The van der Waals surface area contributed by atoms with Gasteiger partial charge in [-0.05, 0) is 44.4 Å². The number of hydrogen-bond acceptors (Lipinski definition) is 2. The number of anilines is 1. The molecular formula is C17H25NO. The molecule has 1 aromatic carbocycles. The molecule has 0 atom stereocenters. The maximum Gasteiger partial charge on any atom is 0.160 e. The minimum absolute atomic E-state index is 0.104. The van der Waals surface area contributed by atoms with Crippen molar-refractivity contribution in [2.45, 2.75) is 40.5 Å². The quantitative estimate of drug-likeness (QED) is 0.670. The van der Waals surface area contributed by atoms with E-state index in [1.807, 2.05) is 19.1 Å². The monoisotopic (exact) mass is 259 g/mol. The van der Waals surface area contributed by atoms with Crippen LogP contribution in [0.15, 0.2) is 24.8 Å². The Hall–Kier alpha value is -1.57. The zero-order chi connectivity index (χ0) is 14.4. The Balaban J connectivity index is 3.19. The first kappa shape index (κ1) is 15.5. The average Bonchev–Trinajstić information content (AvgIpc) is 2.37. The highest BCUT2D eigenvalue weighted by Gasteiger charge is 2.12. The second kappa shape index (κ2) is 7.13. The summed E-state index contributed by atoms with van der Waals surface area (Å²) in [4.78, 5) is 14.1. The van der Waals surface area contributed by atoms with E-state index in [9.17, 15) is 4.79 Å². The maximum atomic E-state index is 11.8. The first-order valence-corrected chi connectivity index (χ1v) is 7.07. The fraction of sp³-hybridized carbons (Fsp3) is 0.471. The minimum atomic E-state index is 0.104. The molecule has 0 unspecified atom stereocenters. The molecule has 0 saturated heterocycles. The van der Waals surface area contributed by atoms with E-state index in [0.717, 1.165) is 48.3 Å². The number of rotatable bonds is 7. The molecule has 0 aromatic heterocycles. The van der Waals surface area contributed by atoms with Crippen molar-refractivity contribution in [3.63, 3.8) is 0 Å². The summed E-state index contributed by atoms with van der Waals surface area (Å²) in [5.74, 6) is 0.104. The van der Waals surface area contributed by atoms with E-state index in [-0.39, 0.29) is 5.78 Å². The normalized spacial score (nSPS) is 10.3. The molecule has 0 heterocycles. The molecule has 0 amide bonds. The van der Waals surface area contributed by atoms with Gasteiger partial charge in [-0.2, -0.15) is 0 Å². The van der Waals surface area contributed by atoms with E-state index in [1.165, 1.54) is 0 Å². The Bertz CT molecular complexity index is 456. The SMILES string of the molecule is C=C(C)c1ccc(N(CCC)CCC)cc1C(C)=O. The first-order valence-electron chi connectivity index (χ1n) is 7.07. The predicted octanol–water partition coefficient (Wildman–Crippen LogP) is 4.55. The summed E-state index contributed by atoms with van der Waals surface area (Å²) in [5, 5.41) is 0. The predicted molar refractivity (Wildman–Crippen MR) is 83.9 cm³/mol. The molecule has 0 aliphatic carbocycles. The summed E-state index contributed by atoms with van der Waals surface area (Å²) in [6.45, 7) is 13.9. The van der Waals surface area contributed by atoms with Gasteiger partial charge in [0.05, 0.1) is 0 Å². The number of benzene rings is 1. The van der Waals surface area contributed by atoms with Gasteiger partial charge in [-0.3, -0.25) is 4.79 Å². The van der Waals surface area contributed by atoms with Gasteiger partial charge in [0.15, 0.2) is 5.78 Å². The smallest absolute Gasteiger partial charge is 0.160 e. The van der Waals surface area contributed by atoms with Crippen LogP contribution >= 0.6 is 0 Å². The highest BCUT2D eigenvalue weighted by atomic mass is 16.1. The second-order valence-electron chi connectivity index (χ2n) is 5.05. The van der Waals surface area contributed by atoms with Gasteiger partial charge in [-0.15, -0.1) is 0 Å². The van der Waals surface area contributed by atoms with Crippen LogP contribution in [-0.2, 0) is 0 Å². The number of allylic oxidation sites excluding steroid dienone is 1. The number of hydrogen-bond donors (Lipinski definition) is 0. The van der Waals surface area contributed by atoms with E-state index < -0.39 is 0 Å². The second-order valence-corrected chi connectivity index (χ2v) is 5.05. The van der Waals surface area contributed by atoms with Gasteiger partial charge in [-0.1, -0.05) is 32.1 Å². The number of Topliss-reactive ketones (excluding diaryl/α,β-unsaturated/α-hetero) is 1. The third-order valence-electron chi connectivity index (χ3n) is 3.19. The van der Waals surface area contributed by atoms with Crippen LogP contribution in [0.5, 0.6) is 0 Å². The Morgan fingerprint density at radius 1 is 1.11 bits per heavy atom. The lowest BCUT2D eigenvalue weighted by atomic mass is 9.98. The molecule has 0 radical (unpaired) electrons. The van der Waals surface area contributed by atoms with Crippen LogP contribution in [0, 0.1) is 0 Å². The van der Waals surface area contributed by atoms with Gasteiger partial charge in [0.25, 0.3) is 0 Å². The van der Waals surface area contributed by atoms with Crippen molar-refractivity contribution < 1.29 is 4.79 Å². The van der Waals surface area contributed by atoms with Crippen LogP contribution in [0.3, 0.4) is 0 Å². The lowest BCUT2D eigenvalue weighted by Crippen LogP contribution is -2.25. The molecule has 0 spiro atoms. The average molecular weight is 259 g/mol. The Kier molecular flexibility index (Phi) is 5.81. The van der Waals surface area contributed by atoms with Crippen molar-refractivity contribution in [1.29, 1.82) is 0 Å². The third-order valence-corrected chi connectivity index (χ3v) is 3.19. The molecule has 1 aromatic rings. The Morgan fingerprint density at radius 3 is 2.11 bits per heavy atom. The first-order chi connectivity index (χ1) is 9.01. The molecule has 0 aliphatic heterocycles. The lowest BCUT2D eigenvalue weighted by Gasteiger charge is -2.25. The van der Waals surface area contributed by atoms with E-state index in [2.05, 4.69) is 31.4 Å². The Morgan fingerprint density at radius 2 is 1.68 bits per heavy atom. The maximum absolute atomic E-state index is 11.8. The van der Waals surface area contributed by atoms with Crippen molar-refractivity contribution in [3.05, 3.63) is 35.9 Å². The minimum Gasteiger partial charge on any atom is -0.372 e. The molecule has 19 heavy (non-hydrogen) atoms. The topological polar surface area (TPSA) is 20.3 Å². The third kappa shape index (κ3) is 3.95. The van der Waals surface area contributed by atoms with E-state index in [0.29, 0.717) is 0 Å². The fourth-order valence-corrected chi connectivity index (χ4v) is 2.30. The van der Waals surface area contributed by atoms with Crippen LogP contribution < -0.4 is 4.90 Å².